The first-order valence-electron chi connectivity index (χ1n) is 4.78. The van der Waals surface area contributed by atoms with E-state index >= 15 is 0 Å². The highest BCUT2D eigenvalue weighted by Crippen LogP contribution is 2.31. The highest BCUT2D eigenvalue weighted by atomic mass is 19.3. The van der Waals surface area contributed by atoms with Gasteiger partial charge in [-0.15, -0.1) is 0 Å². The van der Waals surface area contributed by atoms with E-state index in [0.717, 1.165) is 6.54 Å². The van der Waals surface area contributed by atoms with E-state index in [2.05, 4.69) is 0 Å². The fourth-order valence-corrected chi connectivity index (χ4v) is 1.83. The molecule has 13 heavy (non-hydrogen) atoms. The second kappa shape index (κ2) is 3.88. The van der Waals surface area contributed by atoms with Gasteiger partial charge in [-0.25, -0.2) is 8.78 Å². The second-order valence-electron chi connectivity index (χ2n) is 4.13. The lowest BCUT2D eigenvalue weighted by Gasteiger charge is -2.38. The first-order chi connectivity index (χ1) is 5.91. The van der Waals surface area contributed by atoms with E-state index in [1.807, 2.05) is 18.7 Å². The van der Waals surface area contributed by atoms with Gasteiger partial charge in [0.25, 0.3) is 5.92 Å². The number of piperidine rings is 1. The molecular formula is C9H18F2N2. The predicted molar refractivity (Wildman–Crippen MR) is 48.9 cm³/mol. The predicted octanol–water partition coefficient (Wildman–Crippen LogP) is 1.45. The molecule has 0 bridgehead atoms. The molecule has 1 fully saturated rings. The Hall–Kier alpha value is -0.220. The van der Waals surface area contributed by atoms with Crippen LogP contribution in [0.3, 0.4) is 0 Å². The van der Waals surface area contributed by atoms with Gasteiger partial charge in [0, 0.05) is 38.0 Å². The number of halogens is 2. The summed E-state index contributed by atoms with van der Waals surface area (Å²) in [5, 5.41) is 0. The summed E-state index contributed by atoms with van der Waals surface area (Å²) in [6.07, 6.45) is -0.0518. The van der Waals surface area contributed by atoms with Gasteiger partial charge < -0.3 is 5.73 Å². The molecular weight excluding hydrogens is 174 g/mol. The van der Waals surface area contributed by atoms with Crippen LogP contribution < -0.4 is 5.73 Å². The summed E-state index contributed by atoms with van der Waals surface area (Å²) in [6, 6.07) is 0.0175. The number of likely N-dealkylation sites (tertiary alicyclic amines) is 1. The van der Waals surface area contributed by atoms with Gasteiger partial charge in [-0.1, -0.05) is 0 Å². The van der Waals surface area contributed by atoms with Crippen LogP contribution >= 0.6 is 0 Å². The minimum atomic E-state index is -2.46. The maximum Gasteiger partial charge on any atom is 0.250 e. The number of nitrogens with zero attached hydrogens (tertiary/aromatic N) is 1. The SMILES string of the molecule is CC(N)CN1CCC(F)(F)CC1C. The Morgan fingerprint density at radius 1 is 1.62 bits per heavy atom. The van der Waals surface area contributed by atoms with Crippen LogP contribution in [0.15, 0.2) is 0 Å². The summed E-state index contributed by atoms with van der Waals surface area (Å²) < 4.78 is 25.8. The van der Waals surface area contributed by atoms with Gasteiger partial charge >= 0.3 is 0 Å². The summed E-state index contributed by atoms with van der Waals surface area (Å²) >= 11 is 0. The molecule has 0 aromatic carbocycles. The van der Waals surface area contributed by atoms with Gasteiger partial charge in [-0.3, -0.25) is 4.90 Å². The van der Waals surface area contributed by atoms with E-state index in [0.29, 0.717) is 6.54 Å². The van der Waals surface area contributed by atoms with Crippen molar-refractivity contribution in [1.29, 1.82) is 0 Å². The maximum absolute atomic E-state index is 12.9. The first-order valence-corrected chi connectivity index (χ1v) is 4.78. The average molecular weight is 192 g/mol. The molecule has 1 heterocycles. The van der Waals surface area contributed by atoms with Gasteiger partial charge in [0.2, 0.25) is 0 Å². The van der Waals surface area contributed by atoms with Crippen molar-refractivity contribution in [1.82, 2.24) is 4.90 Å². The molecule has 1 saturated heterocycles. The zero-order chi connectivity index (χ0) is 10.1. The van der Waals surface area contributed by atoms with E-state index in [1.54, 1.807) is 0 Å². The van der Waals surface area contributed by atoms with Crippen molar-refractivity contribution in [3.8, 4) is 0 Å². The van der Waals surface area contributed by atoms with E-state index in [-0.39, 0.29) is 24.9 Å². The topological polar surface area (TPSA) is 29.3 Å². The lowest BCUT2D eigenvalue weighted by molar-refractivity contribution is -0.0751. The van der Waals surface area contributed by atoms with Gasteiger partial charge in [0.05, 0.1) is 0 Å². The highest BCUT2D eigenvalue weighted by Gasteiger charge is 2.38. The maximum atomic E-state index is 12.9. The average Bonchev–Trinajstić information content (AvgIpc) is 1.93. The largest absolute Gasteiger partial charge is 0.327 e. The smallest absolute Gasteiger partial charge is 0.250 e. The Kier molecular flexibility index (Phi) is 3.24. The van der Waals surface area contributed by atoms with Crippen LogP contribution in [0.1, 0.15) is 26.7 Å². The molecule has 2 nitrogen and oxygen atoms in total. The fraction of sp³-hybridized carbons (Fsp3) is 1.00. The first kappa shape index (κ1) is 10.9. The number of hydrogen-bond acceptors (Lipinski definition) is 2. The minimum absolute atomic E-state index is 0.0237. The van der Waals surface area contributed by atoms with Crippen molar-refractivity contribution < 1.29 is 8.78 Å². The highest BCUT2D eigenvalue weighted by molar-refractivity contribution is 4.84. The van der Waals surface area contributed by atoms with Crippen LogP contribution in [0.4, 0.5) is 8.78 Å². The number of rotatable bonds is 2. The van der Waals surface area contributed by atoms with Crippen molar-refractivity contribution in [2.24, 2.45) is 5.73 Å². The van der Waals surface area contributed by atoms with Crippen LogP contribution in [0, 0.1) is 0 Å². The lowest BCUT2D eigenvalue weighted by atomic mass is 9.99. The minimum Gasteiger partial charge on any atom is -0.327 e. The summed E-state index contributed by atoms with van der Waals surface area (Å²) in [5.41, 5.74) is 5.62. The molecule has 0 aliphatic carbocycles. The lowest BCUT2D eigenvalue weighted by Crippen LogP contribution is -2.49. The van der Waals surface area contributed by atoms with Crippen LogP contribution in [0.25, 0.3) is 0 Å². The molecule has 1 rings (SSSR count). The molecule has 4 heteroatoms. The molecule has 78 valence electrons. The van der Waals surface area contributed by atoms with Gasteiger partial charge in [-0.05, 0) is 13.8 Å². The third-order valence-electron chi connectivity index (χ3n) is 2.50. The fourth-order valence-electron chi connectivity index (χ4n) is 1.83. The van der Waals surface area contributed by atoms with Gasteiger partial charge in [0.1, 0.15) is 0 Å². The molecule has 2 atom stereocenters. The Bertz CT molecular complexity index is 171. The zero-order valence-corrected chi connectivity index (χ0v) is 8.26. The van der Waals surface area contributed by atoms with Crippen molar-refractivity contribution >= 4 is 0 Å². The number of hydrogen-bond donors (Lipinski definition) is 1. The van der Waals surface area contributed by atoms with Crippen molar-refractivity contribution in [2.45, 2.75) is 44.7 Å². The molecule has 1 aliphatic rings. The molecule has 0 spiro atoms. The molecule has 0 amide bonds. The molecule has 0 saturated carbocycles. The monoisotopic (exact) mass is 192 g/mol. The third-order valence-corrected chi connectivity index (χ3v) is 2.50. The normalized spacial score (nSPS) is 31.6. The molecule has 0 aromatic rings. The van der Waals surface area contributed by atoms with Gasteiger partial charge in [0.15, 0.2) is 0 Å². The molecule has 0 aromatic heterocycles. The van der Waals surface area contributed by atoms with Crippen LogP contribution in [0.2, 0.25) is 0 Å². The van der Waals surface area contributed by atoms with Crippen molar-refractivity contribution in [3.05, 3.63) is 0 Å². The summed E-state index contributed by atoms with van der Waals surface area (Å²) in [7, 11) is 0. The molecule has 1 aliphatic heterocycles. The standard InChI is InChI=1S/C9H18F2N2/c1-7(12)6-13-4-3-9(10,11)5-8(13)2/h7-8H,3-6,12H2,1-2H3. The van der Waals surface area contributed by atoms with E-state index < -0.39 is 5.92 Å². The zero-order valence-electron chi connectivity index (χ0n) is 8.26. The Morgan fingerprint density at radius 2 is 2.23 bits per heavy atom. The molecule has 0 radical (unpaired) electrons. The summed E-state index contributed by atoms with van der Waals surface area (Å²) in [5.74, 6) is -2.46. The Labute approximate surface area is 78.1 Å². The molecule has 2 N–H and O–H groups in total. The van der Waals surface area contributed by atoms with Crippen LogP contribution in [0.5, 0.6) is 0 Å². The Morgan fingerprint density at radius 3 is 2.69 bits per heavy atom. The Balaban J connectivity index is 2.44. The van der Waals surface area contributed by atoms with Crippen LogP contribution in [-0.2, 0) is 0 Å². The number of nitrogens with two attached hydrogens (primary N) is 1. The van der Waals surface area contributed by atoms with Gasteiger partial charge in [-0.2, -0.15) is 0 Å². The third kappa shape index (κ3) is 3.19. The quantitative estimate of drug-likeness (QED) is 0.717. The van der Waals surface area contributed by atoms with Crippen molar-refractivity contribution in [3.63, 3.8) is 0 Å². The van der Waals surface area contributed by atoms with E-state index in [1.165, 1.54) is 0 Å². The van der Waals surface area contributed by atoms with E-state index in [4.69, 9.17) is 5.73 Å². The second-order valence-corrected chi connectivity index (χ2v) is 4.13. The van der Waals surface area contributed by atoms with Crippen LogP contribution in [-0.4, -0.2) is 36.0 Å². The number of alkyl halides is 2. The molecule has 2 unspecified atom stereocenters. The van der Waals surface area contributed by atoms with Crippen molar-refractivity contribution in [2.75, 3.05) is 13.1 Å². The summed E-state index contributed by atoms with van der Waals surface area (Å²) in [4.78, 5) is 2.04. The van der Waals surface area contributed by atoms with E-state index in [9.17, 15) is 8.78 Å². The summed E-state index contributed by atoms with van der Waals surface area (Å²) in [6.45, 7) is 4.93.